The van der Waals surface area contributed by atoms with Crippen LogP contribution in [0.5, 0.6) is 0 Å². The molecule has 1 unspecified atom stereocenters. The van der Waals surface area contributed by atoms with Crippen LogP contribution in [0.1, 0.15) is 30.0 Å². The molecule has 0 spiro atoms. The molecule has 0 bridgehead atoms. The molecule has 1 heterocycles. The third kappa shape index (κ3) is 3.26. The van der Waals surface area contributed by atoms with E-state index >= 15 is 0 Å². The molecule has 1 aromatic carbocycles. The Balaban J connectivity index is 2.05. The highest BCUT2D eigenvalue weighted by atomic mass is 16.5. The summed E-state index contributed by atoms with van der Waals surface area (Å²) in [5.74, 6) is 0. The Morgan fingerprint density at radius 3 is 3.00 bits per heavy atom. The van der Waals surface area contributed by atoms with Gasteiger partial charge in [0.15, 0.2) is 0 Å². The molecule has 1 fully saturated rings. The second-order valence-corrected chi connectivity index (χ2v) is 4.93. The zero-order chi connectivity index (χ0) is 13.7. The quantitative estimate of drug-likeness (QED) is 0.847. The van der Waals surface area contributed by atoms with Gasteiger partial charge in [0.25, 0.3) is 0 Å². The van der Waals surface area contributed by atoms with E-state index in [-0.39, 0.29) is 12.1 Å². The van der Waals surface area contributed by atoms with Crippen molar-refractivity contribution in [3.05, 3.63) is 35.4 Å². The lowest BCUT2D eigenvalue weighted by atomic mass is 9.99. The van der Waals surface area contributed by atoms with Crippen molar-refractivity contribution in [2.24, 2.45) is 0 Å². The Bertz CT molecular complexity index is 434. The smallest absolute Gasteiger partial charge is 0.317 e. The van der Waals surface area contributed by atoms with Crippen molar-refractivity contribution in [1.82, 2.24) is 10.2 Å². The Labute approximate surface area is 114 Å². The van der Waals surface area contributed by atoms with E-state index in [1.54, 1.807) is 7.11 Å². The van der Waals surface area contributed by atoms with Crippen LogP contribution in [0.2, 0.25) is 0 Å². The van der Waals surface area contributed by atoms with Gasteiger partial charge in [-0.05, 0) is 30.9 Å². The van der Waals surface area contributed by atoms with Gasteiger partial charge in [-0.15, -0.1) is 0 Å². The Hall–Kier alpha value is -1.55. The van der Waals surface area contributed by atoms with Gasteiger partial charge in [-0.1, -0.05) is 24.3 Å². The van der Waals surface area contributed by atoms with Crippen LogP contribution in [0, 0.1) is 6.92 Å². The number of benzene rings is 1. The van der Waals surface area contributed by atoms with E-state index in [0.29, 0.717) is 13.2 Å². The van der Waals surface area contributed by atoms with Crippen molar-refractivity contribution in [3.8, 4) is 0 Å². The van der Waals surface area contributed by atoms with Crippen LogP contribution < -0.4 is 5.32 Å². The lowest BCUT2D eigenvalue weighted by Crippen LogP contribution is -2.40. The number of carbonyl (C=O) groups excluding carboxylic acids is 1. The highest BCUT2D eigenvalue weighted by Crippen LogP contribution is 2.33. The molecule has 2 amide bonds. The summed E-state index contributed by atoms with van der Waals surface area (Å²) in [6, 6.07) is 8.54. The fourth-order valence-corrected chi connectivity index (χ4v) is 2.66. The van der Waals surface area contributed by atoms with E-state index in [9.17, 15) is 4.79 Å². The van der Waals surface area contributed by atoms with Crippen LogP contribution in [0.3, 0.4) is 0 Å². The maximum Gasteiger partial charge on any atom is 0.317 e. The maximum atomic E-state index is 12.2. The number of amides is 2. The Kier molecular flexibility index (Phi) is 4.80. The lowest BCUT2D eigenvalue weighted by Gasteiger charge is -2.26. The molecule has 4 heteroatoms. The summed E-state index contributed by atoms with van der Waals surface area (Å²) in [6.07, 6.45) is 2.11. The zero-order valence-corrected chi connectivity index (χ0v) is 11.7. The maximum absolute atomic E-state index is 12.2. The number of nitrogens with one attached hydrogen (secondary N) is 1. The highest BCUT2D eigenvalue weighted by Gasteiger charge is 2.30. The summed E-state index contributed by atoms with van der Waals surface area (Å²) in [5, 5.41) is 2.91. The fraction of sp³-hybridized carbons (Fsp3) is 0.533. The first-order valence-electron chi connectivity index (χ1n) is 6.83. The molecule has 0 aliphatic carbocycles. The minimum Gasteiger partial charge on any atom is -0.383 e. The standard InChI is InChI=1S/C15H22N2O2/c1-12-6-3-4-7-13(12)14-8-5-10-17(14)15(18)16-9-11-19-2/h3-4,6-7,14H,5,8-11H2,1-2H3,(H,16,18). The van der Waals surface area contributed by atoms with Gasteiger partial charge in [-0.3, -0.25) is 0 Å². The SMILES string of the molecule is COCCNC(=O)N1CCCC1c1ccccc1C. The second kappa shape index (κ2) is 6.57. The summed E-state index contributed by atoms with van der Waals surface area (Å²) in [5.41, 5.74) is 2.52. The number of aryl methyl sites for hydroxylation is 1. The summed E-state index contributed by atoms with van der Waals surface area (Å²) in [7, 11) is 1.64. The fourth-order valence-electron chi connectivity index (χ4n) is 2.66. The first kappa shape index (κ1) is 13.9. The van der Waals surface area contributed by atoms with Crippen LogP contribution in [0.15, 0.2) is 24.3 Å². The molecule has 1 atom stereocenters. The van der Waals surface area contributed by atoms with E-state index in [0.717, 1.165) is 19.4 Å². The summed E-state index contributed by atoms with van der Waals surface area (Å²) < 4.78 is 4.95. The van der Waals surface area contributed by atoms with Gasteiger partial charge in [0, 0.05) is 20.2 Å². The number of carbonyl (C=O) groups is 1. The average Bonchev–Trinajstić information content (AvgIpc) is 2.88. The molecule has 1 aliphatic rings. The van der Waals surface area contributed by atoms with Crippen LogP contribution in [-0.2, 0) is 4.74 Å². The molecule has 1 N–H and O–H groups in total. The summed E-state index contributed by atoms with van der Waals surface area (Å²) >= 11 is 0. The third-order valence-corrected chi connectivity index (χ3v) is 3.64. The monoisotopic (exact) mass is 262 g/mol. The van der Waals surface area contributed by atoms with Crippen LogP contribution >= 0.6 is 0 Å². The van der Waals surface area contributed by atoms with Crippen molar-refractivity contribution in [3.63, 3.8) is 0 Å². The number of urea groups is 1. The molecule has 0 aromatic heterocycles. The van der Waals surface area contributed by atoms with Gasteiger partial charge < -0.3 is 15.0 Å². The van der Waals surface area contributed by atoms with E-state index in [1.807, 2.05) is 17.0 Å². The van der Waals surface area contributed by atoms with Crippen LogP contribution in [-0.4, -0.2) is 37.7 Å². The van der Waals surface area contributed by atoms with Crippen molar-refractivity contribution < 1.29 is 9.53 Å². The number of likely N-dealkylation sites (tertiary alicyclic amines) is 1. The largest absolute Gasteiger partial charge is 0.383 e. The number of hydrogen-bond donors (Lipinski definition) is 1. The highest BCUT2D eigenvalue weighted by molar-refractivity contribution is 5.75. The average molecular weight is 262 g/mol. The normalized spacial score (nSPS) is 18.6. The predicted octanol–water partition coefficient (Wildman–Crippen LogP) is 2.49. The van der Waals surface area contributed by atoms with Crippen LogP contribution in [0.4, 0.5) is 4.79 Å². The molecule has 104 valence electrons. The number of methoxy groups -OCH3 is 1. The van der Waals surface area contributed by atoms with Crippen LogP contribution in [0.25, 0.3) is 0 Å². The summed E-state index contributed by atoms with van der Waals surface area (Å²) in [6.45, 7) is 4.05. The minimum atomic E-state index is 0.0165. The van der Waals surface area contributed by atoms with Gasteiger partial charge >= 0.3 is 6.03 Å². The number of hydrogen-bond acceptors (Lipinski definition) is 2. The molecule has 1 saturated heterocycles. The van der Waals surface area contributed by atoms with Crippen molar-refractivity contribution >= 4 is 6.03 Å². The van der Waals surface area contributed by atoms with E-state index in [2.05, 4.69) is 24.4 Å². The molecule has 2 rings (SSSR count). The zero-order valence-electron chi connectivity index (χ0n) is 11.7. The molecule has 1 aromatic rings. The minimum absolute atomic E-state index is 0.0165. The third-order valence-electron chi connectivity index (χ3n) is 3.64. The van der Waals surface area contributed by atoms with Crippen molar-refractivity contribution in [2.75, 3.05) is 26.8 Å². The second-order valence-electron chi connectivity index (χ2n) is 4.93. The molecule has 1 aliphatic heterocycles. The Morgan fingerprint density at radius 1 is 1.47 bits per heavy atom. The van der Waals surface area contributed by atoms with Gasteiger partial charge in [-0.2, -0.15) is 0 Å². The molecule has 4 nitrogen and oxygen atoms in total. The van der Waals surface area contributed by atoms with E-state index < -0.39 is 0 Å². The first-order valence-corrected chi connectivity index (χ1v) is 6.83. The molecular formula is C15H22N2O2. The van der Waals surface area contributed by atoms with Gasteiger partial charge in [0.2, 0.25) is 0 Å². The molecule has 0 saturated carbocycles. The molecule has 19 heavy (non-hydrogen) atoms. The Morgan fingerprint density at radius 2 is 2.26 bits per heavy atom. The van der Waals surface area contributed by atoms with E-state index in [4.69, 9.17) is 4.74 Å². The number of rotatable bonds is 4. The molecular weight excluding hydrogens is 240 g/mol. The number of ether oxygens (including phenoxy) is 1. The topological polar surface area (TPSA) is 41.6 Å². The summed E-state index contributed by atoms with van der Waals surface area (Å²) in [4.78, 5) is 14.1. The van der Waals surface area contributed by atoms with Gasteiger partial charge in [0.1, 0.15) is 0 Å². The van der Waals surface area contributed by atoms with Crippen molar-refractivity contribution in [1.29, 1.82) is 0 Å². The number of nitrogens with zero attached hydrogens (tertiary/aromatic N) is 1. The van der Waals surface area contributed by atoms with E-state index in [1.165, 1.54) is 11.1 Å². The first-order chi connectivity index (χ1) is 9.24. The van der Waals surface area contributed by atoms with Gasteiger partial charge in [-0.25, -0.2) is 4.79 Å². The molecule has 0 radical (unpaired) electrons. The predicted molar refractivity (Wildman–Crippen MR) is 75.1 cm³/mol. The van der Waals surface area contributed by atoms with Crippen molar-refractivity contribution in [2.45, 2.75) is 25.8 Å². The lowest BCUT2D eigenvalue weighted by molar-refractivity contribution is 0.176. The van der Waals surface area contributed by atoms with Gasteiger partial charge in [0.05, 0.1) is 12.6 Å².